The highest BCUT2D eigenvalue weighted by Crippen LogP contribution is 2.37. The first-order chi connectivity index (χ1) is 6.09. The van der Waals surface area contributed by atoms with E-state index in [4.69, 9.17) is 0 Å². The lowest BCUT2D eigenvalue weighted by Crippen LogP contribution is -2.39. The van der Waals surface area contributed by atoms with Crippen LogP contribution in [0.1, 0.15) is 12.8 Å². The summed E-state index contributed by atoms with van der Waals surface area (Å²) >= 11 is 0. The van der Waals surface area contributed by atoms with Gasteiger partial charge in [-0.25, -0.2) is 0 Å². The molecule has 1 aliphatic heterocycles. The molecule has 2 aliphatic rings. The summed E-state index contributed by atoms with van der Waals surface area (Å²) in [5, 5.41) is 0. The lowest BCUT2D eigenvalue weighted by atomic mass is 10.1. The largest absolute Gasteiger partial charge is 0.468 e. The highest BCUT2D eigenvalue weighted by atomic mass is 19.3. The van der Waals surface area contributed by atoms with Crippen molar-refractivity contribution in [1.82, 2.24) is 0 Å². The van der Waals surface area contributed by atoms with Crippen LogP contribution in [0.2, 0.25) is 0 Å². The van der Waals surface area contributed by atoms with Gasteiger partial charge in [-0.3, -0.25) is 0 Å². The summed E-state index contributed by atoms with van der Waals surface area (Å²) < 4.78 is 46.3. The van der Waals surface area contributed by atoms with E-state index in [0.717, 1.165) is 0 Å². The van der Waals surface area contributed by atoms with Crippen LogP contribution in [0.3, 0.4) is 0 Å². The second kappa shape index (κ2) is 2.68. The number of ether oxygens (including phenoxy) is 2. The monoisotopic (exact) mass is 192 g/mol. The predicted molar refractivity (Wildman–Crippen MR) is 37.4 cm³/mol. The topological polar surface area (TPSA) is 18.5 Å². The zero-order valence-corrected chi connectivity index (χ0v) is 6.60. The molecule has 2 nitrogen and oxygen atoms in total. The fourth-order valence-corrected chi connectivity index (χ4v) is 1.22. The van der Waals surface area contributed by atoms with E-state index >= 15 is 0 Å². The zero-order valence-electron chi connectivity index (χ0n) is 6.60. The highest BCUT2D eigenvalue weighted by Gasteiger charge is 2.50. The third-order valence-electron chi connectivity index (χ3n) is 1.84. The van der Waals surface area contributed by atoms with Crippen LogP contribution in [0.15, 0.2) is 23.7 Å². The first kappa shape index (κ1) is 8.47. The number of rotatable bonds is 0. The molecular weight excluding hydrogens is 185 g/mol. The molecule has 5 heteroatoms. The van der Waals surface area contributed by atoms with Crippen molar-refractivity contribution in [2.24, 2.45) is 0 Å². The Kier molecular flexibility index (Phi) is 1.75. The third-order valence-corrected chi connectivity index (χ3v) is 1.84. The molecule has 1 aliphatic carbocycles. The van der Waals surface area contributed by atoms with E-state index in [1.54, 1.807) is 6.08 Å². The van der Waals surface area contributed by atoms with E-state index in [-0.39, 0.29) is 11.5 Å². The van der Waals surface area contributed by atoms with Crippen molar-refractivity contribution in [3.8, 4) is 0 Å². The second-order valence-corrected chi connectivity index (χ2v) is 2.83. The number of hydrogen-bond acceptors (Lipinski definition) is 2. The van der Waals surface area contributed by atoms with Gasteiger partial charge >= 0.3 is 12.5 Å². The molecule has 0 aromatic rings. The SMILES string of the molecule is FC1OC2=C(C=CCC2)OC1(F)F. The molecule has 0 bridgehead atoms. The fraction of sp³-hybridized carbons (Fsp3) is 0.500. The molecule has 1 atom stereocenters. The maximum Gasteiger partial charge on any atom is 0.468 e. The lowest BCUT2D eigenvalue weighted by molar-refractivity contribution is -0.323. The van der Waals surface area contributed by atoms with E-state index in [1.165, 1.54) is 6.08 Å². The summed E-state index contributed by atoms with van der Waals surface area (Å²) in [5.41, 5.74) is 0. The van der Waals surface area contributed by atoms with Crippen LogP contribution in [0.5, 0.6) is 0 Å². The van der Waals surface area contributed by atoms with Crippen molar-refractivity contribution in [1.29, 1.82) is 0 Å². The Hall–Kier alpha value is -1.13. The molecule has 0 saturated heterocycles. The van der Waals surface area contributed by atoms with E-state index in [2.05, 4.69) is 9.47 Å². The molecule has 0 N–H and O–H groups in total. The lowest BCUT2D eigenvalue weighted by Gasteiger charge is -2.30. The third kappa shape index (κ3) is 1.38. The van der Waals surface area contributed by atoms with Gasteiger partial charge in [0.2, 0.25) is 0 Å². The minimum Gasteiger partial charge on any atom is -0.452 e. The minimum atomic E-state index is -3.87. The molecule has 0 amide bonds. The van der Waals surface area contributed by atoms with Gasteiger partial charge in [0.15, 0.2) is 5.76 Å². The molecule has 0 aromatic carbocycles. The van der Waals surface area contributed by atoms with E-state index in [9.17, 15) is 13.2 Å². The number of alkyl halides is 3. The fourth-order valence-electron chi connectivity index (χ4n) is 1.22. The smallest absolute Gasteiger partial charge is 0.452 e. The van der Waals surface area contributed by atoms with Crippen molar-refractivity contribution in [3.05, 3.63) is 23.7 Å². The van der Waals surface area contributed by atoms with Gasteiger partial charge in [0.1, 0.15) is 5.76 Å². The van der Waals surface area contributed by atoms with Crippen LogP contribution in [-0.4, -0.2) is 12.5 Å². The molecule has 1 heterocycles. The Morgan fingerprint density at radius 1 is 1.46 bits per heavy atom. The average Bonchev–Trinajstić information content (AvgIpc) is 2.06. The van der Waals surface area contributed by atoms with Crippen LogP contribution < -0.4 is 0 Å². The Balaban J connectivity index is 2.27. The summed E-state index contributed by atoms with van der Waals surface area (Å²) in [7, 11) is 0. The maximum absolute atomic E-state index is 12.6. The number of halogens is 3. The van der Waals surface area contributed by atoms with Crippen molar-refractivity contribution in [3.63, 3.8) is 0 Å². The Bertz CT molecular complexity index is 283. The van der Waals surface area contributed by atoms with Crippen molar-refractivity contribution < 1.29 is 22.6 Å². The summed E-state index contributed by atoms with van der Waals surface area (Å²) in [5.74, 6) is 0.103. The highest BCUT2D eigenvalue weighted by molar-refractivity contribution is 5.22. The minimum absolute atomic E-state index is 0.0647. The summed E-state index contributed by atoms with van der Waals surface area (Å²) in [6, 6.07) is 0. The number of allylic oxidation sites excluding steroid dienone is 3. The van der Waals surface area contributed by atoms with Crippen LogP contribution >= 0.6 is 0 Å². The second-order valence-electron chi connectivity index (χ2n) is 2.83. The van der Waals surface area contributed by atoms with Crippen LogP contribution in [0.4, 0.5) is 13.2 Å². The molecule has 0 saturated carbocycles. The van der Waals surface area contributed by atoms with E-state index in [0.29, 0.717) is 12.8 Å². The van der Waals surface area contributed by atoms with Gasteiger partial charge in [-0.1, -0.05) is 6.08 Å². The predicted octanol–water partition coefficient (Wildman–Crippen LogP) is 2.48. The molecule has 72 valence electrons. The Morgan fingerprint density at radius 2 is 2.23 bits per heavy atom. The van der Waals surface area contributed by atoms with Gasteiger partial charge in [-0.05, 0) is 12.5 Å². The quantitative estimate of drug-likeness (QED) is 0.587. The molecule has 0 radical (unpaired) electrons. The standard InChI is InChI=1S/C8H7F3O2/c9-7-8(10,11)13-6-4-2-1-3-5(6)12-7/h2,4,7H,1,3H2. The van der Waals surface area contributed by atoms with Crippen LogP contribution in [-0.2, 0) is 9.47 Å². The molecule has 0 aromatic heterocycles. The van der Waals surface area contributed by atoms with Gasteiger partial charge in [0, 0.05) is 6.42 Å². The zero-order chi connectivity index (χ0) is 9.47. The Labute approximate surface area is 72.6 Å². The summed E-state index contributed by atoms with van der Waals surface area (Å²) in [4.78, 5) is 0. The number of hydrogen-bond donors (Lipinski definition) is 0. The summed E-state index contributed by atoms with van der Waals surface area (Å²) in [6.07, 6.45) is -2.46. The first-order valence-electron chi connectivity index (χ1n) is 3.87. The van der Waals surface area contributed by atoms with Gasteiger partial charge in [0.05, 0.1) is 0 Å². The van der Waals surface area contributed by atoms with Gasteiger partial charge in [-0.15, -0.1) is 0 Å². The first-order valence-corrected chi connectivity index (χ1v) is 3.87. The molecule has 1 unspecified atom stereocenters. The van der Waals surface area contributed by atoms with E-state index in [1.807, 2.05) is 0 Å². The van der Waals surface area contributed by atoms with Gasteiger partial charge in [0.25, 0.3) is 0 Å². The molecule has 0 spiro atoms. The molecule has 13 heavy (non-hydrogen) atoms. The summed E-state index contributed by atoms with van der Waals surface area (Å²) in [6.45, 7) is 0. The maximum atomic E-state index is 12.6. The van der Waals surface area contributed by atoms with Gasteiger partial charge < -0.3 is 9.47 Å². The van der Waals surface area contributed by atoms with Crippen molar-refractivity contribution in [2.75, 3.05) is 0 Å². The molecule has 0 fully saturated rings. The van der Waals surface area contributed by atoms with Crippen LogP contribution in [0, 0.1) is 0 Å². The normalized spacial score (nSPS) is 30.5. The van der Waals surface area contributed by atoms with Crippen LogP contribution in [0.25, 0.3) is 0 Å². The molecule has 2 rings (SSSR count). The van der Waals surface area contributed by atoms with Crippen molar-refractivity contribution in [2.45, 2.75) is 25.3 Å². The van der Waals surface area contributed by atoms with Gasteiger partial charge in [-0.2, -0.15) is 13.2 Å². The average molecular weight is 192 g/mol. The molecular formula is C8H7F3O2. The van der Waals surface area contributed by atoms with Crippen molar-refractivity contribution >= 4 is 0 Å². The Morgan fingerprint density at radius 3 is 3.00 bits per heavy atom. The van der Waals surface area contributed by atoms with E-state index < -0.39 is 12.5 Å².